The van der Waals surface area contributed by atoms with E-state index in [1.165, 1.54) is 0 Å². The topological polar surface area (TPSA) is 120 Å². The van der Waals surface area contributed by atoms with Gasteiger partial charge in [-0.25, -0.2) is 0 Å². The van der Waals surface area contributed by atoms with Crippen molar-refractivity contribution >= 4 is 22.1 Å². The molecule has 0 aliphatic carbocycles. The first-order chi connectivity index (χ1) is 36.0. The average molecular weight is 1680 g/mol. The van der Waals surface area contributed by atoms with E-state index in [1.807, 2.05) is 0 Å². The van der Waals surface area contributed by atoms with E-state index < -0.39 is 164 Å². The van der Waals surface area contributed by atoms with E-state index in [2.05, 4.69) is 0 Å². The van der Waals surface area contributed by atoms with Gasteiger partial charge in [0.15, 0.2) is 22.1 Å². The molecule has 6 nitrogen and oxygen atoms in total. The summed E-state index contributed by atoms with van der Waals surface area (Å²) < 4.78 is 704. The van der Waals surface area contributed by atoms with Crippen LogP contribution in [0.3, 0.4) is 0 Å². The van der Waals surface area contributed by atoms with Crippen LogP contribution in [0.1, 0.15) is 0 Å². The Kier molecular flexibility index (Phi) is 24.9. The van der Waals surface area contributed by atoms with Gasteiger partial charge in [-0.3, -0.25) is 0 Å². The van der Waals surface area contributed by atoms with Crippen LogP contribution in [0.5, 0.6) is 0 Å². The summed E-state index contributed by atoms with van der Waals surface area (Å²) in [6.07, 6.45) is -47.1. The van der Waals surface area contributed by atoms with Gasteiger partial charge in [0.25, 0.3) is 0 Å². The Bertz CT molecular complexity index is 2130. The fourth-order valence-electron chi connectivity index (χ4n) is 3.84. The molecule has 0 aliphatic rings. The predicted octanol–water partition coefficient (Wildman–Crippen LogP) is 16.4. The van der Waals surface area contributed by atoms with Crippen LogP contribution in [0, 0.1) is 46.9 Å². The van der Waals surface area contributed by atoms with Gasteiger partial charge in [-0.1, -0.05) is 0 Å². The molecule has 0 aromatic rings. The first-order valence-corrected chi connectivity index (χ1v) is 22.0. The monoisotopic (exact) mass is 1680 g/mol. The van der Waals surface area contributed by atoms with E-state index in [4.69, 9.17) is 0 Å². The van der Waals surface area contributed by atoms with Gasteiger partial charge >= 0.3 is 189 Å². The van der Waals surface area contributed by atoms with Gasteiger partial charge in [0.05, 0.1) is 0 Å². The van der Waals surface area contributed by atoms with Crippen LogP contribution >= 0.6 is 22.1 Å². The van der Waals surface area contributed by atoms with Crippen molar-refractivity contribution in [3.63, 3.8) is 0 Å². The molecule has 0 heterocycles. The summed E-state index contributed by atoms with van der Waals surface area (Å²) >= 11 is 0. The van der Waals surface area contributed by atoms with Gasteiger partial charge in [-0.05, 0) is 0 Å². The zero-order valence-corrected chi connectivity index (χ0v) is 40.9. The van der Waals surface area contributed by atoms with E-state index in [-0.39, 0.29) is 46.9 Å². The zero-order chi connectivity index (χ0) is 73.5. The maximum atomic E-state index is 13.1. The van der Waals surface area contributed by atoms with Crippen molar-refractivity contribution in [1.29, 1.82) is 0 Å². The molecule has 0 aromatic carbocycles. The van der Waals surface area contributed by atoms with Gasteiger partial charge in [0.2, 0.25) is 0 Å². The summed E-state index contributed by atoms with van der Waals surface area (Å²) in [5.41, 5.74) is -51.7. The number of rotatable bonds is 18. The van der Waals surface area contributed by atoms with Crippen LogP contribution < -0.4 is 14.7 Å². The number of hydrogen-bond acceptors (Lipinski definition) is 6. The molecule has 0 aliphatic heterocycles. The fourth-order valence-corrected chi connectivity index (χ4v) is 7.96. The van der Waals surface area contributed by atoms with Crippen LogP contribution in [-0.2, 0) is 13.7 Å². The summed E-state index contributed by atoms with van der Waals surface area (Å²) in [7, 11) is -30.2. The molecule has 0 spiro atoms. The number of hydrogen-bond donors (Lipinski definition) is 0. The molecule has 0 saturated carbocycles. The predicted molar refractivity (Wildman–Crippen MR) is 148 cm³/mol. The fraction of sp³-hybridized carbons (Fsp3) is 1.00. The van der Waals surface area contributed by atoms with Crippen molar-refractivity contribution in [1.82, 2.24) is 0 Å². The smallest absolute Gasteiger partial charge is 0.791 e. The maximum Gasteiger partial charge on any atom is 3.00 e. The molecule has 1 radical (unpaired) electrons. The van der Waals surface area contributed by atoms with Crippen LogP contribution in [0.25, 0.3) is 0 Å². The molecule has 0 saturated heterocycles. The van der Waals surface area contributed by atoms with E-state index in [0.29, 0.717) is 0 Å². The average Bonchev–Trinajstić information content (AvgIpc) is 3.23. The minimum absolute atomic E-state index is 0. The second kappa shape index (κ2) is 23.6. The summed E-state index contributed by atoms with van der Waals surface area (Å²) in [6.45, 7) is 0. The Balaban J connectivity index is -0.000000598. The molecule has 64 heteroatoms. The standard InChI is InChI=1S/3C8HF18O2P.Yb/c3*9-1(10,5(17,18)19)3(13,14)7(23,24)29(27,28)8(25,26)4(15,16)2(11,12)6(20,21)22;/h3*(H,27,28);/q;;;+3/p-3. The minimum atomic E-state index is -10.1. The van der Waals surface area contributed by atoms with Crippen molar-refractivity contribution in [2.24, 2.45) is 0 Å². The molecule has 539 valence electrons. The number of alkyl halides is 54. The van der Waals surface area contributed by atoms with Crippen LogP contribution in [0.4, 0.5) is 237 Å². The minimum Gasteiger partial charge on any atom is -0.791 e. The Hall–Kier alpha value is -1.69. The first-order valence-electron chi connectivity index (χ1n) is 17.1. The van der Waals surface area contributed by atoms with Crippen molar-refractivity contribution in [2.75, 3.05) is 0 Å². The van der Waals surface area contributed by atoms with E-state index in [1.54, 1.807) is 0 Å². The Labute approximate surface area is 475 Å². The Morgan fingerprint density at radius 2 is 0.205 bits per heavy atom. The second-order valence-electron chi connectivity index (χ2n) is 14.8. The van der Waals surface area contributed by atoms with Gasteiger partial charge in [-0.15, -0.1) is 0 Å². The third-order valence-corrected chi connectivity index (χ3v) is 15.1. The Morgan fingerprint density at radius 1 is 0.148 bits per heavy atom. The van der Waals surface area contributed by atoms with Crippen LogP contribution in [-0.4, -0.2) is 142 Å². The van der Waals surface area contributed by atoms with Crippen molar-refractivity contribution in [3.05, 3.63) is 0 Å². The van der Waals surface area contributed by atoms with Gasteiger partial charge in [0.1, 0.15) is 0 Å². The SMILES string of the molecule is O=P([O-])(C(F)(F)C(F)(F)C(F)(F)C(F)(F)F)C(F)(F)C(F)(F)C(F)(F)C(F)(F)F.O=P([O-])(C(F)(F)C(F)(F)C(F)(F)C(F)(F)F)C(F)(F)C(F)(F)C(F)(F)C(F)(F)F.O=P([O-])(C(F)(F)C(F)(F)C(F)(F)C(F)(F)F)C(F)(F)C(F)(F)C(F)(F)C(F)(F)F.[Yb+3]. The van der Waals surface area contributed by atoms with Crippen LogP contribution in [0.2, 0.25) is 0 Å². The molecular weight excluding hydrogens is 1680 g/mol. The van der Waals surface area contributed by atoms with Gasteiger partial charge in [0, 0.05) is 0 Å². The molecule has 0 rings (SSSR count). The summed E-state index contributed by atoms with van der Waals surface area (Å²) in [5.74, 6) is -101. The molecule has 88 heavy (non-hydrogen) atoms. The second-order valence-corrected chi connectivity index (χ2v) is 21.5. The third-order valence-electron chi connectivity index (χ3n) is 8.99. The summed E-state index contributed by atoms with van der Waals surface area (Å²) in [5, 5.41) is 0. The molecule has 0 unspecified atom stereocenters. The van der Waals surface area contributed by atoms with Gasteiger partial charge < -0.3 is 28.4 Å². The summed E-state index contributed by atoms with van der Waals surface area (Å²) in [6, 6.07) is 0. The Morgan fingerprint density at radius 3 is 0.250 bits per heavy atom. The van der Waals surface area contributed by atoms with E-state index >= 15 is 0 Å². The van der Waals surface area contributed by atoms with Crippen molar-refractivity contribution < 1.29 is 312 Å². The first kappa shape index (κ1) is 92.7. The van der Waals surface area contributed by atoms with E-state index in [0.717, 1.165) is 0 Å². The molecule has 0 N–H and O–H groups in total. The van der Waals surface area contributed by atoms with Gasteiger partial charge in [-0.2, -0.15) is 237 Å². The van der Waals surface area contributed by atoms with Crippen LogP contribution in [0.15, 0.2) is 0 Å². The van der Waals surface area contributed by atoms with Crippen molar-refractivity contribution in [3.8, 4) is 0 Å². The molecule has 0 fully saturated rings. The largest absolute Gasteiger partial charge is 3.00 e. The summed E-state index contributed by atoms with van der Waals surface area (Å²) in [4.78, 5) is 32.0. The molecule has 0 atom stereocenters. The normalized spacial score (nSPS) is 16.7. The molecule has 0 amide bonds. The van der Waals surface area contributed by atoms with E-state index in [9.17, 15) is 265 Å². The maximum absolute atomic E-state index is 13.1. The quantitative estimate of drug-likeness (QED) is 0.0996. The zero-order valence-electron chi connectivity index (χ0n) is 36.5. The molecule has 0 bridgehead atoms. The molecular formula is C24F54O6P3Yb. The third kappa shape index (κ3) is 12.7. The number of halogens is 54. The molecule has 0 aromatic heterocycles. The van der Waals surface area contributed by atoms with Crippen molar-refractivity contribution in [2.45, 2.75) is 142 Å².